The summed E-state index contributed by atoms with van der Waals surface area (Å²) in [6, 6.07) is 12.6. The second kappa shape index (κ2) is 4.46. The van der Waals surface area contributed by atoms with E-state index >= 15 is 0 Å². The average molecular weight is 354 g/mol. The Balaban J connectivity index is 2.49. The van der Waals surface area contributed by atoms with E-state index < -0.39 is 0 Å². The predicted molar refractivity (Wildman–Crippen MR) is 79.0 cm³/mol. The molecule has 0 atom stereocenters. The first-order chi connectivity index (χ1) is 8.35. The molecular formula is C14H10Br2O. The summed E-state index contributed by atoms with van der Waals surface area (Å²) < 4.78 is 6.04. The molecule has 3 rings (SSSR count). The molecule has 0 radical (unpaired) electrons. The van der Waals surface area contributed by atoms with E-state index in [1.807, 2.05) is 0 Å². The standard InChI is InChI=1S/C14H10Br2O/c15-7-9-3-1-5-11-12-6-2-4-10(8-16)14(12)17-13(9)11/h1-6H,7-8H2. The first-order valence-corrected chi connectivity index (χ1v) is 7.63. The highest BCUT2D eigenvalue weighted by atomic mass is 79.9. The fourth-order valence-corrected chi connectivity index (χ4v) is 3.03. The number of rotatable bonds is 2. The van der Waals surface area contributed by atoms with Crippen LogP contribution in [-0.2, 0) is 10.7 Å². The minimum absolute atomic E-state index is 0.813. The highest BCUT2D eigenvalue weighted by molar-refractivity contribution is 9.08. The minimum Gasteiger partial charge on any atom is -0.455 e. The Kier molecular flexibility index (Phi) is 2.97. The lowest BCUT2D eigenvalue weighted by Crippen LogP contribution is -1.76. The van der Waals surface area contributed by atoms with Crippen molar-refractivity contribution in [2.45, 2.75) is 10.7 Å². The molecule has 1 aromatic heterocycles. The van der Waals surface area contributed by atoms with Gasteiger partial charge in [-0.05, 0) is 0 Å². The van der Waals surface area contributed by atoms with E-state index in [1.165, 1.54) is 21.9 Å². The zero-order valence-corrected chi connectivity index (χ0v) is 12.2. The third-order valence-electron chi connectivity index (χ3n) is 2.98. The predicted octanol–water partition coefficient (Wildman–Crippen LogP) is 5.38. The van der Waals surface area contributed by atoms with Crippen molar-refractivity contribution in [3.05, 3.63) is 47.5 Å². The van der Waals surface area contributed by atoms with Gasteiger partial charge < -0.3 is 4.42 Å². The second-order valence-corrected chi connectivity index (χ2v) is 5.08. The molecule has 3 aromatic rings. The SMILES string of the molecule is BrCc1cccc2c1oc1c(CBr)cccc12. The number of hydrogen-bond donors (Lipinski definition) is 0. The Morgan fingerprint density at radius 2 is 1.24 bits per heavy atom. The van der Waals surface area contributed by atoms with Gasteiger partial charge in [-0.1, -0.05) is 68.3 Å². The van der Waals surface area contributed by atoms with Crippen LogP contribution in [0.25, 0.3) is 21.9 Å². The summed E-state index contributed by atoms with van der Waals surface area (Å²) in [5.74, 6) is 0. The summed E-state index contributed by atoms with van der Waals surface area (Å²) in [5, 5.41) is 4.02. The van der Waals surface area contributed by atoms with Gasteiger partial charge in [0.15, 0.2) is 0 Å². The molecule has 17 heavy (non-hydrogen) atoms. The van der Waals surface area contributed by atoms with E-state index in [2.05, 4.69) is 68.3 Å². The van der Waals surface area contributed by atoms with Gasteiger partial charge in [0.05, 0.1) is 0 Å². The Bertz CT molecular complexity index is 627. The van der Waals surface area contributed by atoms with Crippen LogP contribution in [0.4, 0.5) is 0 Å². The molecule has 0 amide bonds. The molecule has 1 heterocycles. The summed E-state index contributed by atoms with van der Waals surface area (Å²) in [4.78, 5) is 0. The highest BCUT2D eigenvalue weighted by Gasteiger charge is 2.11. The van der Waals surface area contributed by atoms with Gasteiger partial charge in [-0.15, -0.1) is 0 Å². The molecule has 0 aliphatic heterocycles. The van der Waals surface area contributed by atoms with Crippen molar-refractivity contribution < 1.29 is 4.42 Å². The van der Waals surface area contributed by atoms with Gasteiger partial charge >= 0.3 is 0 Å². The van der Waals surface area contributed by atoms with Gasteiger partial charge in [-0.3, -0.25) is 0 Å². The molecule has 3 heteroatoms. The number of fused-ring (bicyclic) bond motifs is 3. The smallest absolute Gasteiger partial charge is 0.139 e. The maximum atomic E-state index is 6.04. The Morgan fingerprint density at radius 3 is 1.65 bits per heavy atom. The van der Waals surface area contributed by atoms with E-state index in [0.29, 0.717) is 0 Å². The third-order valence-corrected chi connectivity index (χ3v) is 4.18. The Morgan fingerprint density at radius 1 is 0.765 bits per heavy atom. The summed E-state index contributed by atoms with van der Waals surface area (Å²) in [6.45, 7) is 0. The number of benzene rings is 2. The van der Waals surface area contributed by atoms with E-state index in [9.17, 15) is 0 Å². The van der Waals surface area contributed by atoms with Gasteiger partial charge in [0, 0.05) is 32.6 Å². The van der Waals surface area contributed by atoms with Crippen molar-refractivity contribution in [2.75, 3.05) is 0 Å². The van der Waals surface area contributed by atoms with Crippen LogP contribution in [0.2, 0.25) is 0 Å². The third kappa shape index (κ3) is 1.72. The van der Waals surface area contributed by atoms with Crippen LogP contribution in [0.3, 0.4) is 0 Å². The lowest BCUT2D eigenvalue weighted by molar-refractivity contribution is 0.662. The molecule has 0 aliphatic carbocycles. The fourth-order valence-electron chi connectivity index (χ4n) is 2.15. The van der Waals surface area contributed by atoms with Gasteiger partial charge in [0.25, 0.3) is 0 Å². The zero-order valence-electron chi connectivity index (χ0n) is 9.04. The maximum absolute atomic E-state index is 6.04. The molecule has 86 valence electrons. The number of para-hydroxylation sites is 2. The van der Waals surface area contributed by atoms with Crippen LogP contribution in [0.5, 0.6) is 0 Å². The van der Waals surface area contributed by atoms with Gasteiger partial charge in [0.1, 0.15) is 11.2 Å². The van der Waals surface area contributed by atoms with Gasteiger partial charge in [-0.2, -0.15) is 0 Å². The zero-order chi connectivity index (χ0) is 11.8. The molecule has 0 N–H and O–H groups in total. The molecular weight excluding hydrogens is 344 g/mol. The van der Waals surface area contributed by atoms with Crippen LogP contribution >= 0.6 is 31.9 Å². The van der Waals surface area contributed by atoms with E-state index in [-0.39, 0.29) is 0 Å². The number of furan rings is 1. The van der Waals surface area contributed by atoms with Crippen molar-refractivity contribution >= 4 is 53.8 Å². The molecule has 0 saturated heterocycles. The Hall–Kier alpha value is -0.800. The maximum Gasteiger partial charge on any atom is 0.139 e. The van der Waals surface area contributed by atoms with Crippen molar-refractivity contribution in [3.8, 4) is 0 Å². The molecule has 0 spiro atoms. The van der Waals surface area contributed by atoms with Crippen molar-refractivity contribution in [1.82, 2.24) is 0 Å². The summed E-state index contributed by atoms with van der Waals surface area (Å²) in [6.07, 6.45) is 0. The number of alkyl halides is 2. The van der Waals surface area contributed by atoms with Crippen LogP contribution in [0.15, 0.2) is 40.8 Å². The quantitative estimate of drug-likeness (QED) is 0.564. The topological polar surface area (TPSA) is 13.1 Å². The summed E-state index contributed by atoms with van der Waals surface area (Å²) in [5.41, 5.74) is 4.37. The van der Waals surface area contributed by atoms with E-state index in [0.717, 1.165) is 21.8 Å². The summed E-state index contributed by atoms with van der Waals surface area (Å²) in [7, 11) is 0. The molecule has 0 bridgehead atoms. The van der Waals surface area contributed by atoms with Crippen LogP contribution < -0.4 is 0 Å². The first-order valence-electron chi connectivity index (χ1n) is 5.39. The van der Waals surface area contributed by atoms with E-state index in [1.54, 1.807) is 0 Å². The van der Waals surface area contributed by atoms with Crippen LogP contribution in [0.1, 0.15) is 11.1 Å². The van der Waals surface area contributed by atoms with Crippen LogP contribution in [-0.4, -0.2) is 0 Å². The lowest BCUT2D eigenvalue weighted by atomic mass is 10.1. The van der Waals surface area contributed by atoms with Crippen molar-refractivity contribution in [1.29, 1.82) is 0 Å². The van der Waals surface area contributed by atoms with Crippen molar-refractivity contribution in [3.63, 3.8) is 0 Å². The summed E-state index contributed by atoms with van der Waals surface area (Å²) >= 11 is 7.00. The van der Waals surface area contributed by atoms with Crippen LogP contribution in [0, 0.1) is 0 Å². The first kappa shape index (κ1) is 11.3. The molecule has 0 unspecified atom stereocenters. The number of hydrogen-bond acceptors (Lipinski definition) is 1. The monoisotopic (exact) mass is 352 g/mol. The average Bonchev–Trinajstić information content (AvgIpc) is 2.77. The van der Waals surface area contributed by atoms with E-state index in [4.69, 9.17) is 4.42 Å². The molecule has 1 nitrogen and oxygen atoms in total. The highest BCUT2D eigenvalue weighted by Crippen LogP contribution is 2.34. The number of halogens is 2. The molecule has 0 saturated carbocycles. The normalized spacial score (nSPS) is 11.4. The molecule has 0 aliphatic rings. The lowest BCUT2D eigenvalue weighted by Gasteiger charge is -1.95. The molecule has 0 fully saturated rings. The van der Waals surface area contributed by atoms with Gasteiger partial charge in [-0.25, -0.2) is 0 Å². The van der Waals surface area contributed by atoms with Crippen molar-refractivity contribution in [2.24, 2.45) is 0 Å². The fraction of sp³-hybridized carbons (Fsp3) is 0.143. The van der Waals surface area contributed by atoms with Gasteiger partial charge in [0.2, 0.25) is 0 Å². The Labute approximate surface area is 116 Å². The largest absolute Gasteiger partial charge is 0.455 e. The second-order valence-electron chi connectivity index (χ2n) is 3.96. The molecule has 2 aromatic carbocycles. The minimum atomic E-state index is 0.813.